The predicted molar refractivity (Wildman–Crippen MR) is 117 cm³/mol. The number of nitrogens with zero attached hydrogens (tertiary/aromatic N) is 2. The molecule has 1 amide bonds. The van der Waals surface area contributed by atoms with Crippen LogP contribution in [0.15, 0.2) is 24.3 Å². The summed E-state index contributed by atoms with van der Waals surface area (Å²) in [6, 6.07) is 10.3. The van der Waals surface area contributed by atoms with Crippen LogP contribution in [-0.2, 0) is 21.3 Å². The van der Waals surface area contributed by atoms with Crippen molar-refractivity contribution in [1.29, 1.82) is 0 Å². The molecule has 0 aromatic heterocycles. The summed E-state index contributed by atoms with van der Waals surface area (Å²) >= 11 is 0. The monoisotopic (exact) mass is 422 g/mol. The molecule has 5 heteroatoms. The van der Waals surface area contributed by atoms with E-state index in [1.54, 1.807) is 11.1 Å². The fourth-order valence-electron chi connectivity index (χ4n) is 8.36. The van der Waals surface area contributed by atoms with Crippen molar-refractivity contribution < 1.29 is 14.3 Å². The number of piperidine rings is 2. The Morgan fingerprint density at radius 2 is 1.97 bits per heavy atom. The van der Waals surface area contributed by atoms with Crippen LogP contribution in [0.4, 0.5) is 4.79 Å². The summed E-state index contributed by atoms with van der Waals surface area (Å²) in [5, 5.41) is 0. The van der Waals surface area contributed by atoms with Gasteiger partial charge < -0.3 is 14.4 Å². The number of aryl methyl sites for hydroxylation is 1. The first-order valence-electron chi connectivity index (χ1n) is 12.6. The van der Waals surface area contributed by atoms with Gasteiger partial charge in [-0.3, -0.25) is 4.90 Å². The van der Waals surface area contributed by atoms with E-state index in [1.807, 2.05) is 0 Å². The van der Waals surface area contributed by atoms with Gasteiger partial charge in [-0.05, 0) is 86.9 Å². The second-order valence-electron chi connectivity index (χ2n) is 11.1. The minimum Gasteiger partial charge on any atom is -0.444 e. The number of amides is 1. The van der Waals surface area contributed by atoms with E-state index in [1.165, 1.54) is 64.5 Å². The van der Waals surface area contributed by atoms with Gasteiger partial charge in [0.25, 0.3) is 0 Å². The second kappa shape index (κ2) is 6.71. The van der Waals surface area contributed by atoms with Crippen molar-refractivity contribution in [3.8, 4) is 0 Å². The molecule has 0 radical (unpaired) electrons. The van der Waals surface area contributed by atoms with Crippen molar-refractivity contribution in [1.82, 2.24) is 9.80 Å². The first-order valence-corrected chi connectivity index (χ1v) is 12.6. The Hall–Kier alpha value is -1.59. The number of ether oxygens (including phenoxy) is 2. The molecule has 3 aliphatic carbocycles. The summed E-state index contributed by atoms with van der Waals surface area (Å²) in [5.41, 5.74) is 3.79. The van der Waals surface area contributed by atoms with E-state index in [4.69, 9.17) is 9.47 Å². The van der Waals surface area contributed by atoms with Crippen molar-refractivity contribution in [3.63, 3.8) is 0 Å². The quantitative estimate of drug-likeness (QED) is 0.678. The largest absolute Gasteiger partial charge is 0.444 e. The molecular weight excluding hydrogens is 388 g/mol. The lowest BCUT2D eigenvalue weighted by Gasteiger charge is -2.42. The van der Waals surface area contributed by atoms with Crippen molar-refractivity contribution >= 4 is 6.09 Å². The van der Waals surface area contributed by atoms with Crippen LogP contribution in [0.5, 0.6) is 0 Å². The SMILES string of the molecule is O=C(O[C@@H]1CCOC1)N1C2CCC3CC(N4CCC5(CCc6ccccc65)CC4)CC321. The van der Waals surface area contributed by atoms with Gasteiger partial charge in [0.05, 0.1) is 24.8 Å². The molecule has 3 saturated heterocycles. The Morgan fingerprint density at radius 3 is 2.81 bits per heavy atom. The zero-order valence-electron chi connectivity index (χ0n) is 18.4. The number of hydrogen-bond acceptors (Lipinski definition) is 4. The third kappa shape index (κ3) is 2.65. The highest BCUT2D eigenvalue weighted by Crippen LogP contribution is 2.65. The molecule has 5 nitrogen and oxygen atoms in total. The molecule has 2 spiro atoms. The molecule has 0 bridgehead atoms. The van der Waals surface area contributed by atoms with Gasteiger partial charge in [0.2, 0.25) is 0 Å². The molecule has 6 aliphatic rings. The molecule has 4 unspecified atom stereocenters. The molecule has 31 heavy (non-hydrogen) atoms. The lowest BCUT2D eigenvalue weighted by molar-refractivity contribution is 0.0638. The first-order chi connectivity index (χ1) is 15.2. The predicted octanol–water partition coefficient (Wildman–Crippen LogP) is 3.89. The maximum absolute atomic E-state index is 12.9. The summed E-state index contributed by atoms with van der Waals surface area (Å²) < 4.78 is 11.2. The number of carbonyl (C=O) groups excluding carboxylic acids is 1. The molecule has 5 fully saturated rings. The average molecular weight is 423 g/mol. The Labute approximate surface area is 185 Å². The Balaban J connectivity index is 1.02. The van der Waals surface area contributed by atoms with Crippen molar-refractivity contribution in [3.05, 3.63) is 35.4 Å². The molecular formula is C26H34N2O3. The molecule has 1 aromatic rings. The van der Waals surface area contributed by atoms with Crippen LogP contribution in [-0.4, -0.2) is 65.9 Å². The number of likely N-dealkylation sites (tertiary alicyclic amines) is 2. The summed E-state index contributed by atoms with van der Waals surface area (Å²) in [7, 11) is 0. The minimum absolute atomic E-state index is 0.0338. The van der Waals surface area contributed by atoms with Gasteiger partial charge in [-0.1, -0.05) is 24.3 Å². The van der Waals surface area contributed by atoms with Gasteiger partial charge in [-0.2, -0.15) is 0 Å². The van der Waals surface area contributed by atoms with E-state index in [-0.39, 0.29) is 17.7 Å². The van der Waals surface area contributed by atoms with E-state index in [0.717, 1.165) is 13.0 Å². The molecule has 166 valence electrons. The molecule has 3 aliphatic heterocycles. The zero-order valence-corrected chi connectivity index (χ0v) is 18.4. The normalized spacial score (nSPS) is 40.1. The lowest BCUT2D eigenvalue weighted by atomic mass is 9.73. The van der Waals surface area contributed by atoms with E-state index in [9.17, 15) is 4.79 Å². The van der Waals surface area contributed by atoms with Gasteiger partial charge in [0, 0.05) is 12.5 Å². The van der Waals surface area contributed by atoms with Crippen LogP contribution in [0.25, 0.3) is 0 Å². The molecule has 0 N–H and O–H groups in total. The second-order valence-corrected chi connectivity index (χ2v) is 11.1. The molecule has 7 rings (SSSR count). The molecule has 2 saturated carbocycles. The zero-order chi connectivity index (χ0) is 20.6. The van der Waals surface area contributed by atoms with Crippen LogP contribution in [0, 0.1) is 5.92 Å². The van der Waals surface area contributed by atoms with E-state index < -0.39 is 0 Å². The minimum atomic E-state index is -0.0639. The fourth-order valence-corrected chi connectivity index (χ4v) is 8.36. The van der Waals surface area contributed by atoms with Gasteiger partial charge in [0.1, 0.15) is 6.10 Å². The summed E-state index contributed by atoms with van der Waals surface area (Å²) in [4.78, 5) is 17.8. The van der Waals surface area contributed by atoms with Crippen molar-refractivity contribution in [2.45, 2.75) is 86.9 Å². The highest BCUT2D eigenvalue weighted by Gasteiger charge is 2.75. The number of rotatable bonds is 2. The average Bonchev–Trinajstić information content (AvgIpc) is 3.32. The Morgan fingerprint density at radius 1 is 1.10 bits per heavy atom. The number of fused-ring (bicyclic) bond motifs is 2. The van der Waals surface area contributed by atoms with Crippen LogP contribution >= 0.6 is 0 Å². The topological polar surface area (TPSA) is 41.8 Å². The van der Waals surface area contributed by atoms with Crippen molar-refractivity contribution in [2.24, 2.45) is 5.92 Å². The van der Waals surface area contributed by atoms with Gasteiger partial charge in [-0.25, -0.2) is 4.79 Å². The first kappa shape index (κ1) is 18.9. The van der Waals surface area contributed by atoms with E-state index in [0.29, 0.717) is 30.0 Å². The summed E-state index contributed by atoms with van der Waals surface area (Å²) in [6.45, 7) is 3.73. The molecule has 3 heterocycles. The van der Waals surface area contributed by atoms with Crippen molar-refractivity contribution in [2.75, 3.05) is 26.3 Å². The molecule has 5 atom stereocenters. The van der Waals surface area contributed by atoms with Crippen LogP contribution < -0.4 is 0 Å². The maximum Gasteiger partial charge on any atom is 0.411 e. The van der Waals surface area contributed by atoms with E-state index >= 15 is 0 Å². The highest BCUT2D eigenvalue weighted by molar-refractivity contribution is 5.75. The number of carbonyl (C=O) groups is 1. The third-order valence-corrected chi connectivity index (χ3v) is 9.97. The Bertz CT molecular complexity index is 888. The lowest BCUT2D eigenvalue weighted by Crippen LogP contribution is -2.46. The van der Waals surface area contributed by atoms with Crippen LogP contribution in [0.3, 0.4) is 0 Å². The highest BCUT2D eigenvalue weighted by atomic mass is 16.6. The van der Waals surface area contributed by atoms with E-state index in [2.05, 4.69) is 34.1 Å². The van der Waals surface area contributed by atoms with Gasteiger partial charge in [-0.15, -0.1) is 0 Å². The summed E-state index contributed by atoms with van der Waals surface area (Å²) in [6.07, 6.45) is 10.9. The maximum atomic E-state index is 12.9. The van der Waals surface area contributed by atoms with Gasteiger partial charge in [0.15, 0.2) is 0 Å². The van der Waals surface area contributed by atoms with Crippen LogP contribution in [0.1, 0.15) is 62.5 Å². The van der Waals surface area contributed by atoms with Crippen LogP contribution in [0.2, 0.25) is 0 Å². The van der Waals surface area contributed by atoms with Gasteiger partial charge >= 0.3 is 6.09 Å². The standard InChI is InChI=1S/C26H34N2O3/c29-24(31-21-8-14-30-17-21)28-23-6-5-19-15-20(16-26(19,23)28)27-12-10-25(11-13-27)9-7-18-3-1-2-4-22(18)25/h1-4,19-21,23H,5-17H2/t19?,20?,21-,23?,26?,28?/m1/s1. The third-order valence-electron chi connectivity index (χ3n) is 9.97. The fraction of sp³-hybridized carbons (Fsp3) is 0.731. The smallest absolute Gasteiger partial charge is 0.411 e. The molecule has 1 aromatic carbocycles. The number of benzene rings is 1. The summed E-state index contributed by atoms with van der Waals surface area (Å²) in [5.74, 6) is 0.679. The number of hydrogen-bond donors (Lipinski definition) is 0. The Kier molecular flexibility index (Phi) is 4.10.